The van der Waals surface area contributed by atoms with Crippen LogP contribution in [-0.4, -0.2) is 15.2 Å². The van der Waals surface area contributed by atoms with Crippen molar-refractivity contribution < 1.29 is 4.74 Å². The summed E-state index contributed by atoms with van der Waals surface area (Å²) < 4.78 is 8.75. The quantitative estimate of drug-likeness (QED) is 0.647. The van der Waals surface area contributed by atoms with E-state index in [0.717, 1.165) is 59.5 Å². The van der Waals surface area contributed by atoms with Crippen molar-refractivity contribution in [1.82, 2.24) is 9.55 Å². The van der Waals surface area contributed by atoms with E-state index in [0.29, 0.717) is 0 Å². The van der Waals surface area contributed by atoms with E-state index < -0.39 is 0 Å². The number of nitrogen functional groups attached to an aromatic ring is 1. The topological polar surface area (TPSA) is 53.1 Å². The van der Waals surface area contributed by atoms with E-state index >= 15 is 0 Å². The van der Waals surface area contributed by atoms with Crippen LogP contribution in [0, 0.1) is 6.92 Å². The van der Waals surface area contributed by atoms with Crippen LogP contribution in [-0.2, 0) is 26.3 Å². The largest absolute Gasteiger partial charge is 0.484 e. The van der Waals surface area contributed by atoms with Gasteiger partial charge in [-0.2, -0.15) is 0 Å². The Bertz CT molecular complexity index is 961. The summed E-state index contributed by atoms with van der Waals surface area (Å²) in [6.07, 6.45) is 3.92. The van der Waals surface area contributed by atoms with Crippen LogP contribution < -0.4 is 10.5 Å². The highest BCUT2D eigenvalue weighted by molar-refractivity contribution is 5.89. The first-order valence-corrected chi connectivity index (χ1v) is 8.56. The number of imidazole rings is 1. The number of aromatic nitrogens is 2. The lowest BCUT2D eigenvalue weighted by Gasteiger charge is -2.36. The molecule has 1 spiro atoms. The molecule has 0 saturated carbocycles. The van der Waals surface area contributed by atoms with Gasteiger partial charge in [-0.25, -0.2) is 4.98 Å². The molecule has 4 heteroatoms. The molecule has 1 aliphatic heterocycles. The zero-order valence-corrected chi connectivity index (χ0v) is 14.1. The van der Waals surface area contributed by atoms with Gasteiger partial charge in [0.2, 0.25) is 0 Å². The highest BCUT2D eigenvalue weighted by atomic mass is 16.5. The molecule has 0 bridgehead atoms. The molecule has 2 aliphatic rings. The second kappa shape index (κ2) is 4.53. The maximum Gasteiger partial charge on any atom is 0.153 e. The SMILES string of the molecule is Cc1nc2c3c(c(N)cc2n1C)CCC1(Cc2ccccc2C1)O3. The Hall–Kier alpha value is -2.49. The Balaban J connectivity index is 1.65. The molecule has 0 radical (unpaired) electrons. The minimum Gasteiger partial charge on any atom is -0.484 e. The van der Waals surface area contributed by atoms with E-state index in [1.165, 1.54) is 11.1 Å². The molecule has 2 aromatic carbocycles. The minimum atomic E-state index is -0.136. The number of fused-ring (bicyclic) bond motifs is 4. The highest BCUT2D eigenvalue weighted by Crippen LogP contribution is 2.46. The molecular formula is C20H21N3O. The Morgan fingerprint density at radius 1 is 1.21 bits per heavy atom. The third-order valence-electron chi connectivity index (χ3n) is 5.79. The first-order chi connectivity index (χ1) is 11.6. The van der Waals surface area contributed by atoms with Crippen molar-refractivity contribution >= 4 is 16.7 Å². The van der Waals surface area contributed by atoms with E-state index in [9.17, 15) is 0 Å². The predicted molar refractivity (Wildman–Crippen MR) is 95.4 cm³/mol. The summed E-state index contributed by atoms with van der Waals surface area (Å²) in [6.45, 7) is 2.02. The van der Waals surface area contributed by atoms with Crippen molar-refractivity contribution in [2.24, 2.45) is 7.05 Å². The second-order valence-electron chi connectivity index (χ2n) is 7.27. The normalized spacial score (nSPS) is 17.8. The third-order valence-corrected chi connectivity index (χ3v) is 5.79. The lowest BCUT2D eigenvalue weighted by molar-refractivity contribution is 0.0587. The standard InChI is InChI=1S/C20H21N3O/c1-12-22-18-17(23(12)2)9-16(21)15-7-8-20(24-19(15)18)10-13-5-3-4-6-14(13)11-20/h3-6,9H,7-8,10-11,21H2,1-2H3. The lowest BCUT2D eigenvalue weighted by Crippen LogP contribution is -2.40. The number of hydrogen-bond donors (Lipinski definition) is 1. The monoisotopic (exact) mass is 319 g/mol. The van der Waals surface area contributed by atoms with E-state index in [1.807, 2.05) is 20.0 Å². The maximum atomic E-state index is 6.67. The van der Waals surface area contributed by atoms with Crippen molar-refractivity contribution in [3.05, 3.63) is 52.8 Å². The van der Waals surface area contributed by atoms with Crippen molar-refractivity contribution in [3.63, 3.8) is 0 Å². The molecule has 3 aromatic rings. The Morgan fingerprint density at radius 3 is 2.62 bits per heavy atom. The van der Waals surface area contributed by atoms with Gasteiger partial charge < -0.3 is 15.0 Å². The zero-order chi connectivity index (χ0) is 16.5. The zero-order valence-electron chi connectivity index (χ0n) is 14.1. The fourth-order valence-electron chi connectivity index (χ4n) is 4.36. The van der Waals surface area contributed by atoms with Gasteiger partial charge in [0.05, 0.1) is 5.52 Å². The molecule has 24 heavy (non-hydrogen) atoms. The van der Waals surface area contributed by atoms with Gasteiger partial charge in [0.25, 0.3) is 0 Å². The molecule has 0 fully saturated rings. The summed E-state index contributed by atoms with van der Waals surface area (Å²) in [4.78, 5) is 4.75. The molecule has 0 amide bonds. The van der Waals surface area contributed by atoms with Crippen LogP contribution in [0.2, 0.25) is 0 Å². The van der Waals surface area contributed by atoms with Crippen LogP contribution in [0.25, 0.3) is 11.0 Å². The third kappa shape index (κ3) is 1.77. The fourth-order valence-corrected chi connectivity index (χ4v) is 4.36. The number of aryl methyl sites for hydroxylation is 2. The molecule has 5 rings (SSSR count). The summed E-state index contributed by atoms with van der Waals surface area (Å²) in [5, 5.41) is 0. The van der Waals surface area contributed by atoms with Crippen LogP contribution in [0.3, 0.4) is 0 Å². The van der Waals surface area contributed by atoms with Gasteiger partial charge in [-0.3, -0.25) is 0 Å². The molecule has 1 aliphatic carbocycles. The van der Waals surface area contributed by atoms with Gasteiger partial charge in [-0.15, -0.1) is 0 Å². The number of nitrogens with two attached hydrogens (primary N) is 1. The predicted octanol–water partition coefficient (Wildman–Crippen LogP) is 3.33. The Kier molecular flexibility index (Phi) is 2.62. The Labute approximate surface area is 141 Å². The van der Waals surface area contributed by atoms with Crippen LogP contribution in [0.15, 0.2) is 30.3 Å². The fraction of sp³-hybridized carbons (Fsp3) is 0.350. The molecule has 1 aromatic heterocycles. The van der Waals surface area contributed by atoms with Gasteiger partial charge in [-0.05, 0) is 37.0 Å². The van der Waals surface area contributed by atoms with Crippen molar-refractivity contribution in [2.45, 2.75) is 38.2 Å². The first-order valence-electron chi connectivity index (χ1n) is 8.56. The Morgan fingerprint density at radius 2 is 1.92 bits per heavy atom. The molecular weight excluding hydrogens is 298 g/mol. The van der Waals surface area contributed by atoms with E-state index in [2.05, 4.69) is 28.8 Å². The average Bonchev–Trinajstić information content (AvgIpc) is 3.06. The smallest absolute Gasteiger partial charge is 0.153 e. The summed E-state index contributed by atoms with van der Waals surface area (Å²) in [5.74, 6) is 1.89. The number of hydrogen-bond acceptors (Lipinski definition) is 3. The molecule has 0 unspecified atom stereocenters. The summed E-state index contributed by atoms with van der Waals surface area (Å²) >= 11 is 0. The number of anilines is 1. The van der Waals surface area contributed by atoms with Gasteiger partial charge in [0, 0.05) is 31.1 Å². The molecule has 122 valence electrons. The molecule has 0 atom stereocenters. The highest BCUT2D eigenvalue weighted by Gasteiger charge is 2.43. The van der Waals surface area contributed by atoms with Crippen LogP contribution in [0.5, 0.6) is 5.75 Å². The first kappa shape index (κ1) is 13.9. The van der Waals surface area contributed by atoms with Crippen molar-refractivity contribution in [1.29, 1.82) is 0 Å². The number of rotatable bonds is 0. The minimum absolute atomic E-state index is 0.136. The van der Waals surface area contributed by atoms with E-state index in [-0.39, 0.29) is 5.60 Å². The van der Waals surface area contributed by atoms with Gasteiger partial charge in [0.1, 0.15) is 16.9 Å². The van der Waals surface area contributed by atoms with Gasteiger partial charge in [0.15, 0.2) is 5.75 Å². The van der Waals surface area contributed by atoms with E-state index in [1.54, 1.807) is 0 Å². The van der Waals surface area contributed by atoms with Crippen molar-refractivity contribution in [3.8, 4) is 5.75 Å². The summed E-state index contributed by atoms with van der Waals surface area (Å²) in [6, 6.07) is 10.7. The van der Waals surface area contributed by atoms with Crippen LogP contribution in [0.4, 0.5) is 5.69 Å². The van der Waals surface area contributed by atoms with Gasteiger partial charge >= 0.3 is 0 Å². The second-order valence-corrected chi connectivity index (χ2v) is 7.27. The number of nitrogens with zero attached hydrogens (tertiary/aromatic N) is 2. The number of benzene rings is 2. The van der Waals surface area contributed by atoms with Crippen LogP contribution in [0.1, 0.15) is 28.9 Å². The number of ether oxygens (including phenoxy) is 1. The average molecular weight is 319 g/mol. The summed E-state index contributed by atoms with van der Waals surface area (Å²) in [7, 11) is 2.03. The molecule has 4 nitrogen and oxygen atoms in total. The van der Waals surface area contributed by atoms with Gasteiger partial charge in [-0.1, -0.05) is 24.3 Å². The van der Waals surface area contributed by atoms with Crippen LogP contribution >= 0.6 is 0 Å². The summed E-state index contributed by atoms with van der Waals surface area (Å²) in [5.41, 5.74) is 13.0. The lowest BCUT2D eigenvalue weighted by atomic mass is 9.87. The molecule has 2 N–H and O–H groups in total. The molecule has 0 saturated heterocycles. The maximum absolute atomic E-state index is 6.67. The molecule has 2 heterocycles. The van der Waals surface area contributed by atoms with Crippen molar-refractivity contribution in [2.75, 3.05) is 5.73 Å². The van der Waals surface area contributed by atoms with E-state index in [4.69, 9.17) is 15.5 Å².